The van der Waals surface area contributed by atoms with Gasteiger partial charge in [0.25, 0.3) is 5.91 Å². The molecule has 0 atom stereocenters. The minimum Gasteiger partial charge on any atom is -0.350 e. The van der Waals surface area contributed by atoms with Crippen molar-refractivity contribution in [3.63, 3.8) is 0 Å². The zero-order chi connectivity index (χ0) is 15.5. The summed E-state index contributed by atoms with van der Waals surface area (Å²) < 4.78 is 0. The molecule has 0 spiro atoms. The summed E-state index contributed by atoms with van der Waals surface area (Å²) in [6.45, 7) is 7.14. The molecule has 0 bridgehead atoms. The van der Waals surface area contributed by atoms with Crippen LogP contribution in [0.5, 0.6) is 0 Å². The third kappa shape index (κ3) is 4.35. The van der Waals surface area contributed by atoms with E-state index in [0.29, 0.717) is 22.2 Å². The number of amides is 1. The molecule has 1 aromatic carbocycles. The molecule has 0 saturated carbocycles. The van der Waals surface area contributed by atoms with Gasteiger partial charge in [0.15, 0.2) is 0 Å². The van der Waals surface area contributed by atoms with Crippen LogP contribution in [0.3, 0.4) is 0 Å². The topological polar surface area (TPSA) is 32.3 Å². The molecule has 0 aromatic heterocycles. The Morgan fingerprint density at radius 2 is 1.90 bits per heavy atom. The number of hydrogen-bond donors (Lipinski definition) is 1. The molecular formula is C16H22Cl2N2O. The number of piperidine rings is 1. The van der Waals surface area contributed by atoms with E-state index in [2.05, 4.69) is 24.1 Å². The van der Waals surface area contributed by atoms with Gasteiger partial charge in [0.1, 0.15) is 0 Å². The van der Waals surface area contributed by atoms with Crippen molar-refractivity contribution in [2.45, 2.75) is 38.6 Å². The van der Waals surface area contributed by atoms with Gasteiger partial charge in [0, 0.05) is 17.1 Å². The molecule has 3 nitrogen and oxygen atoms in total. The van der Waals surface area contributed by atoms with Crippen LogP contribution in [-0.2, 0) is 0 Å². The lowest BCUT2D eigenvalue weighted by molar-refractivity contribution is 0.0797. The first-order valence-corrected chi connectivity index (χ1v) is 8.14. The van der Waals surface area contributed by atoms with Crippen molar-refractivity contribution in [2.75, 3.05) is 19.6 Å². The quantitative estimate of drug-likeness (QED) is 0.906. The Kier molecular flexibility index (Phi) is 5.53. The van der Waals surface area contributed by atoms with E-state index in [4.69, 9.17) is 23.2 Å². The molecule has 1 aliphatic heterocycles. The van der Waals surface area contributed by atoms with E-state index in [9.17, 15) is 4.79 Å². The third-order valence-electron chi connectivity index (χ3n) is 4.07. The average Bonchev–Trinajstić information content (AvgIpc) is 2.46. The molecular weight excluding hydrogens is 307 g/mol. The molecule has 0 unspecified atom stereocenters. The molecule has 1 fully saturated rings. The highest BCUT2D eigenvalue weighted by molar-refractivity contribution is 6.36. The molecule has 1 amide bonds. The van der Waals surface area contributed by atoms with Crippen molar-refractivity contribution in [3.05, 3.63) is 33.8 Å². The van der Waals surface area contributed by atoms with Gasteiger partial charge in [-0.2, -0.15) is 0 Å². The number of benzene rings is 1. The number of halogens is 2. The highest BCUT2D eigenvalue weighted by atomic mass is 35.5. The van der Waals surface area contributed by atoms with Crippen LogP contribution in [-0.4, -0.2) is 36.0 Å². The van der Waals surface area contributed by atoms with E-state index in [0.717, 1.165) is 13.1 Å². The smallest absolute Gasteiger partial charge is 0.252 e. The monoisotopic (exact) mass is 328 g/mol. The number of carbonyl (C=O) groups excluding carboxylic acids is 1. The van der Waals surface area contributed by atoms with E-state index in [1.54, 1.807) is 18.2 Å². The molecule has 1 aliphatic rings. The first kappa shape index (κ1) is 16.6. The molecule has 1 saturated heterocycles. The fourth-order valence-corrected chi connectivity index (χ4v) is 3.17. The summed E-state index contributed by atoms with van der Waals surface area (Å²) in [6, 6.07) is 4.93. The summed E-state index contributed by atoms with van der Waals surface area (Å²) in [7, 11) is 0. The first-order chi connectivity index (χ1) is 9.90. The van der Waals surface area contributed by atoms with Gasteiger partial charge in [-0.25, -0.2) is 0 Å². The highest BCUT2D eigenvalue weighted by Gasteiger charge is 2.28. The van der Waals surface area contributed by atoms with E-state index >= 15 is 0 Å². The second-order valence-corrected chi connectivity index (χ2v) is 7.01. The lowest BCUT2D eigenvalue weighted by Crippen LogP contribution is -2.53. The van der Waals surface area contributed by atoms with Crippen molar-refractivity contribution in [1.82, 2.24) is 10.2 Å². The maximum atomic E-state index is 12.2. The molecule has 5 heteroatoms. The third-order valence-corrected chi connectivity index (χ3v) is 4.62. The second-order valence-electron chi connectivity index (χ2n) is 6.17. The van der Waals surface area contributed by atoms with Crippen LogP contribution >= 0.6 is 23.2 Å². The molecule has 1 N–H and O–H groups in total. The Hall–Kier alpha value is -0.770. The number of nitrogens with one attached hydrogen (secondary N) is 1. The predicted octanol–water partition coefficient (Wildman–Crippen LogP) is 3.99. The lowest BCUT2D eigenvalue weighted by atomic mass is 9.98. The van der Waals surface area contributed by atoms with Crippen molar-refractivity contribution < 1.29 is 4.79 Å². The van der Waals surface area contributed by atoms with Crippen LogP contribution in [0.15, 0.2) is 18.2 Å². The van der Waals surface area contributed by atoms with Crippen LogP contribution in [0, 0.1) is 0 Å². The summed E-state index contributed by atoms with van der Waals surface area (Å²) in [5, 5.41) is 3.91. The molecule has 1 heterocycles. The molecule has 0 aliphatic carbocycles. The van der Waals surface area contributed by atoms with Gasteiger partial charge in [-0.3, -0.25) is 9.69 Å². The van der Waals surface area contributed by atoms with E-state index in [1.165, 1.54) is 19.3 Å². The van der Waals surface area contributed by atoms with Gasteiger partial charge in [-0.05, 0) is 58.0 Å². The zero-order valence-corrected chi connectivity index (χ0v) is 14.1. The average molecular weight is 329 g/mol. The Balaban J connectivity index is 1.96. The van der Waals surface area contributed by atoms with Crippen LogP contribution in [0.2, 0.25) is 10.0 Å². The van der Waals surface area contributed by atoms with Gasteiger partial charge >= 0.3 is 0 Å². The minimum atomic E-state index is -0.151. The van der Waals surface area contributed by atoms with Gasteiger partial charge in [0.2, 0.25) is 0 Å². The molecule has 116 valence electrons. The summed E-state index contributed by atoms with van der Waals surface area (Å²) in [6.07, 6.45) is 3.78. The lowest BCUT2D eigenvalue weighted by Gasteiger charge is -2.41. The molecule has 0 radical (unpaired) electrons. The SMILES string of the molecule is CC(C)(CNC(=O)c1ccc(Cl)cc1Cl)N1CCCCC1. The Morgan fingerprint density at radius 3 is 2.52 bits per heavy atom. The van der Waals surface area contributed by atoms with Crippen molar-refractivity contribution in [3.8, 4) is 0 Å². The van der Waals surface area contributed by atoms with Crippen molar-refractivity contribution in [1.29, 1.82) is 0 Å². The second kappa shape index (κ2) is 6.99. The Morgan fingerprint density at radius 1 is 1.24 bits per heavy atom. The highest BCUT2D eigenvalue weighted by Crippen LogP contribution is 2.22. The van der Waals surface area contributed by atoms with Crippen molar-refractivity contribution in [2.24, 2.45) is 0 Å². The fraction of sp³-hybridized carbons (Fsp3) is 0.562. The normalized spacial score (nSPS) is 16.8. The maximum Gasteiger partial charge on any atom is 0.252 e. The number of carbonyl (C=O) groups is 1. The summed E-state index contributed by atoms with van der Waals surface area (Å²) in [5.74, 6) is -0.151. The van der Waals surface area contributed by atoms with Gasteiger partial charge in [-0.1, -0.05) is 29.6 Å². The van der Waals surface area contributed by atoms with Crippen LogP contribution in [0.25, 0.3) is 0 Å². The fourth-order valence-electron chi connectivity index (χ4n) is 2.68. The van der Waals surface area contributed by atoms with Gasteiger partial charge < -0.3 is 5.32 Å². The van der Waals surface area contributed by atoms with Crippen LogP contribution in [0.4, 0.5) is 0 Å². The number of hydrogen-bond acceptors (Lipinski definition) is 2. The minimum absolute atomic E-state index is 0.0466. The number of rotatable bonds is 4. The number of nitrogens with zero attached hydrogens (tertiary/aromatic N) is 1. The summed E-state index contributed by atoms with van der Waals surface area (Å²) in [5.41, 5.74) is 0.421. The first-order valence-electron chi connectivity index (χ1n) is 7.38. The Labute approximate surface area is 136 Å². The van der Waals surface area contributed by atoms with Crippen molar-refractivity contribution >= 4 is 29.1 Å². The van der Waals surface area contributed by atoms with E-state index < -0.39 is 0 Å². The molecule has 21 heavy (non-hydrogen) atoms. The van der Waals surface area contributed by atoms with E-state index in [-0.39, 0.29) is 11.4 Å². The summed E-state index contributed by atoms with van der Waals surface area (Å²) in [4.78, 5) is 14.7. The van der Waals surface area contributed by atoms with E-state index in [1.807, 2.05) is 0 Å². The maximum absolute atomic E-state index is 12.2. The van der Waals surface area contributed by atoms with Gasteiger partial charge in [-0.15, -0.1) is 0 Å². The zero-order valence-electron chi connectivity index (χ0n) is 12.6. The predicted molar refractivity (Wildman–Crippen MR) is 88.3 cm³/mol. The summed E-state index contributed by atoms with van der Waals surface area (Å²) >= 11 is 11.9. The molecule has 2 rings (SSSR count). The Bertz CT molecular complexity index is 511. The number of likely N-dealkylation sites (tertiary alicyclic amines) is 1. The van der Waals surface area contributed by atoms with Crippen LogP contribution < -0.4 is 5.32 Å². The largest absolute Gasteiger partial charge is 0.350 e. The van der Waals surface area contributed by atoms with Gasteiger partial charge in [0.05, 0.1) is 10.6 Å². The van der Waals surface area contributed by atoms with Crippen LogP contribution in [0.1, 0.15) is 43.5 Å². The standard InChI is InChI=1S/C16H22Cl2N2O/c1-16(2,20-8-4-3-5-9-20)11-19-15(21)13-7-6-12(17)10-14(13)18/h6-7,10H,3-5,8-9,11H2,1-2H3,(H,19,21). The molecule has 1 aromatic rings.